The van der Waals surface area contributed by atoms with Crippen LogP contribution in [-0.4, -0.2) is 50.8 Å². The Morgan fingerprint density at radius 2 is 1.83 bits per heavy atom. The summed E-state index contributed by atoms with van der Waals surface area (Å²) in [5, 5.41) is 0. The van der Waals surface area contributed by atoms with Gasteiger partial charge in [0.25, 0.3) is 5.91 Å². The van der Waals surface area contributed by atoms with Crippen LogP contribution in [0.25, 0.3) is 0 Å². The number of nitrogens with zero attached hydrogens (tertiary/aromatic N) is 2. The van der Waals surface area contributed by atoms with Crippen LogP contribution < -0.4 is 9.64 Å². The topological polar surface area (TPSA) is 42.0 Å². The first-order valence-corrected chi connectivity index (χ1v) is 10.3. The van der Waals surface area contributed by atoms with Gasteiger partial charge in [-0.15, -0.1) is 0 Å². The lowest BCUT2D eigenvalue weighted by molar-refractivity contribution is -0.132. The SMILES string of the molecule is Cc1ccc(C(C)C)cc1OCC(=O)N(C)Cc1ccc(N2CCOCC2)cc1. The van der Waals surface area contributed by atoms with Gasteiger partial charge in [-0.1, -0.05) is 38.1 Å². The highest BCUT2D eigenvalue weighted by Gasteiger charge is 2.14. The lowest BCUT2D eigenvalue weighted by Gasteiger charge is -2.29. The van der Waals surface area contributed by atoms with Gasteiger partial charge in [-0.3, -0.25) is 4.79 Å². The summed E-state index contributed by atoms with van der Waals surface area (Å²) in [4.78, 5) is 16.6. The normalized spacial score (nSPS) is 14.2. The van der Waals surface area contributed by atoms with Crippen molar-refractivity contribution in [1.29, 1.82) is 0 Å². The fraction of sp³-hybridized carbons (Fsp3) is 0.458. The molecule has 0 spiro atoms. The number of amides is 1. The van der Waals surface area contributed by atoms with Crippen molar-refractivity contribution in [3.63, 3.8) is 0 Å². The van der Waals surface area contributed by atoms with Crippen molar-refractivity contribution in [3.05, 3.63) is 59.2 Å². The van der Waals surface area contributed by atoms with Crippen molar-refractivity contribution < 1.29 is 14.3 Å². The van der Waals surface area contributed by atoms with E-state index in [2.05, 4.69) is 55.1 Å². The van der Waals surface area contributed by atoms with E-state index in [0.29, 0.717) is 12.5 Å². The number of anilines is 1. The lowest BCUT2D eigenvalue weighted by Crippen LogP contribution is -2.36. The minimum atomic E-state index is -0.0309. The number of hydrogen-bond donors (Lipinski definition) is 0. The summed E-state index contributed by atoms with van der Waals surface area (Å²) in [5.74, 6) is 1.18. The molecule has 5 nitrogen and oxygen atoms in total. The Labute approximate surface area is 174 Å². The van der Waals surface area contributed by atoms with Crippen LogP contribution in [0.1, 0.15) is 36.5 Å². The summed E-state index contributed by atoms with van der Waals surface area (Å²) in [6, 6.07) is 14.6. The molecule has 2 aromatic rings. The second-order valence-electron chi connectivity index (χ2n) is 7.98. The third-order valence-corrected chi connectivity index (χ3v) is 5.39. The summed E-state index contributed by atoms with van der Waals surface area (Å²) in [6.45, 7) is 10.3. The third kappa shape index (κ3) is 5.73. The second kappa shape index (κ2) is 9.79. The molecule has 0 aliphatic carbocycles. The van der Waals surface area contributed by atoms with Gasteiger partial charge in [0, 0.05) is 32.4 Å². The number of ether oxygens (including phenoxy) is 2. The number of benzene rings is 2. The molecule has 3 rings (SSSR count). The van der Waals surface area contributed by atoms with Crippen LogP contribution in [0.2, 0.25) is 0 Å². The van der Waals surface area contributed by atoms with E-state index in [0.717, 1.165) is 43.2 Å². The smallest absolute Gasteiger partial charge is 0.260 e. The highest BCUT2D eigenvalue weighted by atomic mass is 16.5. The predicted molar refractivity (Wildman–Crippen MR) is 117 cm³/mol. The number of carbonyl (C=O) groups is 1. The van der Waals surface area contributed by atoms with E-state index in [1.807, 2.05) is 20.0 Å². The molecule has 0 N–H and O–H groups in total. The molecule has 1 heterocycles. The van der Waals surface area contributed by atoms with E-state index in [4.69, 9.17) is 9.47 Å². The summed E-state index contributed by atoms with van der Waals surface area (Å²) in [5.41, 5.74) is 4.57. The minimum absolute atomic E-state index is 0.0309. The Hall–Kier alpha value is -2.53. The first-order valence-electron chi connectivity index (χ1n) is 10.3. The Morgan fingerprint density at radius 1 is 1.14 bits per heavy atom. The Bertz CT molecular complexity index is 811. The van der Waals surface area contributed by atoms with Gasteiger partial charge < -0.3 is 19.3 Å². The van der Waals surface area contributed by atoms with E-state index in [-0.39, 0.29) is 12.5 Å². The lowest BCUT2D eigenvalue weighted by atomic mass is 10.0. The maximum absolute atomic E-state index is 12.5. The van der Waals surface area contributed by atoms with Gasteiger partial charge in [-0.2, -0.15) is 0 Å². The number of rotatable bonds is 7. The van der Waals surface area contributed by atoms with Crippen molar-refractivity contribution in [2.45, 2.75) is 33.2 Å². The van der Waals surface area contributed by atoms with Gasteiger partial charge in [0.2, 0.25) is 0 Å². The number of aryl methyl sites for hydroxylation is 1. The van der Waals surface area contributed by atoms with Crippen LogP contribution in [0.5, 0.6) is 5.75 Å². The molecule has 29 heavy (non-hydrogen) atoms. The Morgan fingerprint density at radius 3 is 2.48 bits per heavy atom. The zero-order valence-corrected chi connectivity index (χ0v) is 18.0. The molecule has 156 valence electrons. The standard InChI is InChI=1S/C24H32N2O3/c1-18(2)21-8-5-19(3)23(15-21)29-17-24(27)25(4)16-20-6-9-22(10-7-20)26-11-13-28-14-12-26/h5-10,15,18H,11-14,16-17H2,1-4H3. The molecule has 1 amide bonds. The predicted octanol–water partition coefficient (Wildman–Crippen LogP) is 3.99. The van der Waals surface area contributed by atoms with Crippen molar-refractivity contribution in [2.75, 3.05) is 44.9 Å². The van der Waals surface area contributed by atoms with Crippen molar-refractivity contribution in [2.24, 2.45) is 0 Å². The van der Waals surface area contributed by atoms with E-state index < -0.39 is 0 Å². The quantitative estimate of drug-likeness (QED) is 0.710. The molecule has 1 fully saturated rings. The molecule has 2 aromatic carbocycles. The van der Waals surface area contributed by atoms with Crippen LogP contribution in [0.3, 0.4) is 0 Å². The van der Waals surface area contributed by atoms with Crippen LogP contribution in [0.4, 0.5) is 5.69 Å². The molecule has 5 heteroatoms. The van der Waals surface area contributed by atoms with Crippen LogP contribution in [0, 0.1) is 6.92 Å². The van der Waals surface area contributed by atoms with Gasteiger partial charge in [-0.25, -0.2) is 0 Å². The van der Waals surface area contributed by atoms with Gasteiger partial charge in [0.15, 0.2) is 6.61 Å². The minimum Gasteiger partial charge on any atom is -0.483 e. The number of likely N-dealkylation sites (N-methyl/N-ethyl adjacent to an activating group) is 1. The molecule has 0 bridgehead atoms. The van der Waals surface area contributed by atoms with Gasteiger partial charge in [-0.05, 0) is 47.7 Å². The molecular weight excluding hydrogens is 364 g/mol. The molecular formula is C24H32N2O3. The number of carbonyl (C=O) groups excluding carboxylic acids is 1. The maximum Gasteiger partial charge on any atom is 0.260 e. The molecule has 1 saturated heterocycles. The molecule has 0 unspecified atom stereocenters. The van der Waals surface area contributed by atoms with Crippen molar-refractivity contribution >= 4 is 11.6 Å². The summed E-state index contributed by atoms with van der Waals surface area (Å²) < 4.78 is 11.2. The van der Waals surface area contributed by atoms with Crippen molar-refractivity contribution in [1.82, 2.24) is 4.90 Å². The first kappa shape index (κ1) is 21.2. The summed E-state index contributed by atoms with van der Waals surface area (Å²) >= 11 is 0. The first-order chi connectivity index (χ1) is 13.9. The Balaban J connectivity index is 1.53. The van der Waals surface area contributed by atoms with Crippen LogP contribution >= 0.6 is 0 Å². The van der Waals surface area contributed by atoms with Gasteiger partial charge >= 0.3 is 0 Å². The van der Waals surface area contributed by atoms with Crippen LogP contribution in [0.15, 0.2) is 42.5 Å². The van der Waals surface area contributed by atoms with E-state index in [1.165, 1.54) is 11.3 Å². The zero-order chi connectivity index (χ0) is 20.8. The average molecular weight is 397 g/mol. The molecule has 0 radical (unpaired) electrons. The van der Waals surface area contributed by atoms with E-state index in [1.54, 1.807) is 4.90 Å². The van der Waals surface area contributed by atoms with Crippen LogP contribution in [-0.2, 0) is 16.1 Å². The second-order valence-corrected chi connectivity index (χ2v) is 7.98. The Kier molecular flexibility index (Phi) is 7.15. The zero-order valence-electron chi connectivity index (χ0n) is 18.0. The summed E-state index contributed by atoms with van der Waals surface area (Å²) in [6.07, 6.45) is 0. The van der Waals surface area contributed by atoms with E-state index in [9.17, 15) is 4.79 Å². The third-order valence-electron chi connectivity index (χ3n) is 5.39. The largest absolute Gasteiger partial charge is 0.483 e. The van der Waals surface area contributed by atoms with Gasteiger partial charge in [0.05, 0.1) is 13.2 Å². The molecule has 1 aliphatic heterocycles. The van der Waals surface area contributed by atoms with Crippen molar-refractivity contribution in [3.8, 4) is 5.75 Å². The molecule has 0 atom stereocenters. The monoisotopic (exact) mass is 396 g/mol. The fourth-order valence-corrected chi connectivity index (χ4v) is 3.38. The number of hydrogen-bond acceptors (Lipinski definition) is 4. The maximum atomic E-state index is 12.5. The molecule has 0 aromatic heterocycles. The molecule has 0 saturated carbocycles. The van der Waals surface area contributed by atoms with Gasteiger partial charge in [0.1, 0.15) is 5.75 Å². The molecule has 1 aliphatic rings. The average Bonchev–Trinajstić information content (AvgIpc) is 2.74. The fourth-order valence-electron chi connectivity index (χ4n) is 3.38. The highest BCUT2D eigenvalue weighted by Crippen LogP contribution is 2.24. The highest BCUT2D eigenvalue weighted by molar-refractivity contribution is 5.77. The van der Waals surface area contributed by atoms with E-state index >= 15 is 0 Å². The number of morpholine rings is 1. The summed E-state index contributed by atoms with van der Waals surface area (Å²) in [7, 11) is 1.82.